The van der Waals surface area contributed by atoms with Crippen molar-refractivity contribution < 1.29 is 0 Å². The number of hydrogen-bond acceptors (Lipinski definition) is 1. The molecule has 0 unspecified atom stereocenters. The summed E-state index contributed by atoms with van der Waals surface area (Å²) in [4.78, 5) is 2.43. The van der Waals surface area contributed by atoms with Crippen LogP contribution in [0.25, 0.3) is 54.9 Å². The summed E-state index contributed by atoms with van der Waals surface area (Å²) in [6, 6.07) is 67.7. The van der Waals surface area contributed by atoms with Gasteiger partial charge in [0.15, 0.2) is 0 Å². The van der Waals surface area contributed by atoms with Gasteiger partial charge in [0.25, 0.3) is 0 Å². The van der Waals surface area contributed by atoms with Crippen LogP contribution in [0.4, 0.5) is 17.1 Å². The van der Waals surface area contributed by atoms with Crippen molar-refractivity contribution in [3.8, 4) is 33.4 Å². The number of para-hydroxylation sites is 1. The van der Waals surface area contributed by atoms with E-state index in [4.69, 9.17) is 0 Å². The van der Waals surface area contributed by atoms with Gasteiger partial charge in [-0.2, -0.15) is 0 Å². The molecule has 8 aromatic carbocycles. The van der Waals surface area contributed by atoms with Crippen molar-refractivity contribution in [3.63, 3.8) is 0 Å². The van der Waals surface area contributed by atoms with Crippen LogP contribution in [-0.4, -0.2) is 0 Å². The van der Waals surface area contributed by atoms with E-state index in [2.05, 4.69) is 193 Å². The molecule has 1 nitrogen and oxygen atoms in total. The first-order valence-corrected chi connectivity index (χ1v) is 15.4. The predicted molar refractivity (Wildman–Crippen MR) is 192 cm³/mol. The Morgan fingerprint density at radius 1 is 0.289 bits per heavy atom. The third-order valence-electron chi connectivity index (χ3n) is 8.64. The lowest BCUT2D eigenvalue weighted by Crippen LogP contribution is -2.12. The average molecular weight is 574 g/mol. The number of nitrogens with zero attached hydrogens (tertiary/aromatic N) is 1. The van der Waals surface area contributed by atoms with Crippen LogP contribution in [0.2, 0.25) is 0 Å². The van der Waals surface area contributed by atoms with Gasteiger partial charge in [-0.3, -0.25) is 0 Å². The molecule has 0 atom stereocenters. The molecule has 45 heavy (non-hydrogen) atoms. The van der Waals surface area contributed by atoms with E-state index < -0.39 is 0 Å². The molecule has 0 amide bonds. The Balaban J connectivity index is 1.35. The van der Waals surface area contributed by atoms with Crippen molar-refractivity contribution >= 4 is 38.6 Å². The molecule has 0 aliphatic heterocycles. The summed E-state index contributed by atoms with van der Waals surface area (Å²) >= 11 is 0. The Morgan fingerprint density at radius 2 is 0.800 bits per heavy atom. The van der Waals surface area contributed by atoms with Gasteiger partial charge >= 0.3 is 0 Å². The van der Waals surface area contributed by atoms with Crippen molar-refractivity contribution in [2.24, 2.45) is 0 Å². The van der Waals surface area contributed by atoms with Gasteiger partial charge in [0.05, 0.1) is 11.4 Å². The summed E-state index contributed by atoms with van der Waals surface area (Å²) in [7, 11) is 0. The van der Waals surface area contributed by atoms with E-state index >= 15 is 0 Å². The Labute approximate surface area is 264 Å². The minimum absolute atomic E-state index is 1.11. The van der Waals surface area contributed by atoms with E-state index in [9.17, 15) is 0 Å². The molecule has 0 fully saturated rings. The molecule has 0 saturated carbocycles. The summed E-state index contributed by atoms with van der Waals surface area (Å²) in [5.74, 6) is 0. The monoisotopic (exact) mass is 573 g/mol. The molecule has 0 aromatic heterocycles. The zero-order valence-corrected chi connectivity index (χ0v) is 24.8. The van der Waals surface area contributed by atoms with Crippen LogP contribution in [0.5, 0.6) is 0 Å². The summed E-state index contributed by atoms with van der Waals surface area (Å²) in [6.45, 7) is 0. The summed E-state index contributed by atoms with van der Waals surface area (Å²) in [5, 5.41) is 4.93. The summed E-state index contributed by atoms with van der Waals surface area (Å²) in [5.41, 5.74) is 10.6. The molecule has 8 aromatic rings. The second-order valence-corrected chi connectivity index (χ2v) is 11.4. The lowest BCUT2D eigenvalue weighted by molar-refractivity contribution is 1.30. The van der Waals surface area contributed by atoms with Crippen LogP contribution in [0, 0.1) is 0 Å². The molecule has 0 aliphatic rings. The maximum atomic E-state index is 2.43. The molecule has 0 heterocycles. The van der Waals surface area contributed by atoms with E-state index in [1.54, 1.807) is 0 Å². The Kier molecular flexibility index (Phi) is 6.90. The van der Waals surface area contributed by atoms with Crippen LogP contribution >= 0.6 is 0 Å². The molecule has 0 radical (unpaired) electrons. The summed E-state index contributed by atoms with van der Waals surface area (Å²) in [6.07, 6.45) is 0. The largest absolute Gasteiger partial charge is 0.309 e. The molecular weight excluding hydrogens is 542 g/mol. The topological polar surface area (TPSA) is 3.24 Å². The minimum atomic E-state index is 1.11. The Hall–Kier alpha value is -5.92. The van der Waals surface area contributed by atoms with Gasteiger partial charge in [-0.15, -0.1) is 0 Å². The number of anilines is 3. The van der Waals surface area contributed by atoms with Crippen molar-refractivity contribution in [2.75, 3.05) is 4.90 Å². The van der Waals surface area contributed by atoms with Gasteiger partial charge in [0, 0.05) is 16.6 Å². The smallest absolute Gasteiger partial charge is 0.0540 e. The fraction of sp³-hybridized carbons (Fsp3) is 0. The number of rotatable bonds is 6. The summed E-state index contributed by atoms with van der Waals surface area (Å²) < 4.78 is 0. The first-order valence-electron chi connectivity index (χ1n) is 15.4. The standard InChI is InChI=1S/C44H31N/c1-2-14-32(15-3-1)35-20-10-21-36(30-35)42-26-8-9-28-43(42)45(44-29-13-19-34-17-5-7-25-41(34)44)38-23-11-22-37(31-38)40-27-12-18-33-16-4-6-24-39(33)40/h1-31H. The van der Waals surface area contributed by atoms with Gasteiger partial charge in [-0.25, -0.2) is 0 Å². The predicted octanol–water partition coefficient (Wildman–Crippen LogP) is 12.5. The third-order valence-corrected chi connectivity index (χ3v) is 8.64. The zero-order chi connectivity index (χ0) is 30.0. The van der Waals surface area contributed by atoms with E-state index in [-0.39, 0.29) is 0 Å². The van der Waals surface area contributed by atoms with Crippen LogP contribution in [0.1, 0.15) is 0 Å². The second kappa shape index (κ2) is 11.6. The van der Waals surface area contributed by atoms with E-state index in [0.717, 1.165) is 17.1 Å². The lowest BCUT2D eigenvalue weighted by Gasteiger charge is -2.29. The first kappa shape index (κ1) is 26.7. The van der Waals surface area contributed by atoms with E-state index in [1.165, 1.54) is 54.9 Å². The normalized spacial score (nSPS) is 11.1. The van der Waals surface area contributed by atoms with Gasteiger partial charge in [0.1, 0.15) is 0 Å². The fourth-order valence-electron chi connectivity index (χ4n) is 6.51. The number of fused-ring (bicyclic) bond motifs is 2. The fourth-order valence-corrected chi connectivity index (χ4v) is 6.51. The van der Waals surface area contributed by atoms with Gasteiger partial charge in [-0.05, 0) is 74.3 Å². The molecule has 0 saturated heterocycles. The van der Waals surface area contributed by atoms with Crippen molar-refractivity contribution in [3.05, 3.63) is 188 Å². The molecule has 0 aliphatic carbocycles. The Bertz CT molecular complexity index is 2270. The SMILES string of the molecule is c1ccc(-c2cccc(-c3ccccc3N(c3cccc(-c4cccc5ccccc45)c3)c3cccc4ccccc34)c2)cc1. The van der Waals surface area contributed by atoms with E-state index in [1.807, 2.05) is 0 Å². The Morgan fingerprint density at radius 3 is 1.64 bits per heavy atom. The van der Waals surface area contributed by atoms with Crippen molar-refractivity contribution in [1.29, 1.82) is 0 Å². The molecule has 8 rings (SSSR count). The number of benzene rings is 8. The maximum Gasteiger partial charge on any atom is 0.0540 e. The molecule has 0 spiro atoms. The lowest BCUT2D eigenvalue weighted by atomic mass is 9.96. The highest BCUT2D eigenvalue weighted by atomic mass is 15.1. The van der Waals surface area contributed by atoms with Crippen LogP contribution in [-0.2, 0) is 0 Å². The highest BCUT2D eigenvalue weighted by Gasteiger charge is 2.20. The van der Waals surface area contributed by atoms with Gasteiger partial charge < -0.3 is 4.90 Å². The zero-order valence-electron chi connectivity index (χ0n) is 24.8. The highest BCUT2D eigenvalue weighted by molar-refractivity contribution is 6.02. The molecule has 0 bridgehead atoms. The van der Waals surface area contributed by atoms with Crippen molar-refractivity contribution in [1.82, 2.24) is 0 Å². The van der Waals surface area contributed by atoms with E-state index in [0.29, 0.717) is 0 Å². The molecule has 1 heteroatoms. The van der Waals surface area contributed by atoms with Gasteiger partial charge in [0.2, 0.25) is 0 Å². The highest BCUT2D eigenvalue weighted by Crippen LogP contribution is 2.45. The van der Waals surface area contributed by atoms with Crippen LogP contribution in [0.15, 0.2) is 188 Å². The molecule has 212 valence electrons. The van der Waals surface area contributed by atoms with Crippen LogP contribution in [0.3, 0.4) is 0 Å². The van der Waals surface area contributed by atoms with Gasteiger partial charge in [-0.1, -0.05) is 158 Å². The minimum Gasteiger partial charge on any atom is -0.309 e. The quantitative estimate of drug-likeness (QED) is 0.191. The van der Waals surface area contributed by atoms with Crippen molar-refractivity contribution in [2.45, 2.75) is 0 Å². The average Bonchev–Trinajstić information content (AvgIpc) is 3.12. The second-order valence-electron chi connectivity index (χ2n) is 11.4. The first-order chi connectivity index (χ1) is 22.3. The maximum absolute atomic E-state index is 2.43. The molecule has 0 N–H and O–H groups in total. The third kappa shape index (κ3) is 5.05. The number of hydrogen-bond donors (Lipinski definition) is 0. The van der Waals surface area contributed by atoms with Crippen LogP contribution < -0.4 is 4.90 Å². The molecular formula is C44H31N.